The summed E-state index contributed by atoms with van der Waals surface area (Å²) in [7, 11) is 1.93. The van der Waals surface area contributed by atoms with Crippen molar-refractivity contribution in [2.24, 2.45) is 7.05 Å². The van der Waals surface area contributed by atoms with Gasteiger partial charge in [-0.1, -0.05) is 54.1 Å². The Morgan fingerprint density at radius 2 is 1.97 bits per heavy atom. The Balaban J connectivity index is 1.33. The average Bonchev–Trinajstić information content (AvgIpc) is 3.16. The first-order valence-corrected chi connectivity index (χ1v) is 11.0. The minimum absolute atomic E-state index is 0.0549. The summed E-state index contributed by atoms with van der Waals surface area (Å²) in [6.45, 7) is 5.87. The van der Waals surface area contributed by atoms with Crippen molar-refractivity contribution in [1.29, 1.82) is 0 Å². The second kappa shape index (κ2) is 10.6. The lowest BCUT2D eigenvalue weighted by Gasteiger charge is -2.32. The summed E-state index contributed by atoms with van der Waals surface area (Å²) in [6.07, 6.45) is 2.83. The molecule has 5 nitrogen and oxygen atoms in total. The number of aromatic nitrogens is 2. The smallest absolute Gasteiger partial charge is 0.165 e. The molecule has 3 aromatic rings. The molecule has 0 saturated carbocycles. The van der Waals surface area contributed by atoms with Crippen LogP contribution in [0.1, 0.15) is 30.0 Å². The van der Waals surface area contributed by atoms with E-state index in [4.69, 9.17) is 9.47 Å². The first kappa shape index (κ1) is 22.2. The molecule has 1 atom stereocenters. The summed E-state index contributed by atoms with van der Waals surface area (Å²) >= 11 is 0. The van der Waals surface area contributed by atoms with Crippen molar-refractivity contribution < 1.29 is 13.9 Å². The molecule has 168 valence electrons. The Labute approximate surface area is 189 Å². The topological polar surface area (TPSA) is 39.5 Å². The molecule has 0 N–H and O–H groups in total. The van der Waals surface area contributed by atoms with Crippen LogP contribution in [0, 0.1) is 5.82 Å². The monoisotopic (exact) mass is 435 g/mol. The largest absolute Gasteiger partial charge is 0.490 e. The van der Waals surface area contributed by atoms with Crippen molar-refractivity contribution in [3.8, 4) is 5.75 Å². The van der Waals surface area contributed by atoms with Crippen LogP contribution < -0.4 is 4.74 Å². The molecule has 1 saturated heterocycles. The Morgan fingerprint density at radius 3 is 2.78 bits per heavy atom. The van der Waals surface area contributed by atoms with Gasteiger partial charge in [-0.05, 0) is 30.7 Å². The van der Waals surface area contributed by atoms with Gasteiger partial charge in [0.2, 0.25) is 0 Å². The fourth-order valence-electron chi connectivity index (χ4n) is 4.01. The number of rotatable bonds is 8. The lowest BCUT2D eigenvalue weighted by molar-refractivity contribution is -0.0291. The van der Waals surface area contributed by atoms with E-state index in [1.807, 2.05) is 17.8 Å². The number of nitrogens with zero attached hydrogens (tertiary/aromatic N) is 3. The Bertz CT molecular complexity index is 1050. The first-order chi connectivity index (χ1) is 15.6. The third-order valence-electron chi connectivity index (χ3n) is 5.61. The van der Waals surface area contributed by atoms with E-state index in [1.54, 1.807) is 18.2 Å². The zero-order valence-electron chi connectivity index (χ0n) is 18.7. The van der Waals surface area contributed by atoms with Gasteiger partial charge >= 0.3 is 0 Å². The van der Waals surface area contributed by atoms with Crippen LogP contribution in [0.15, 0.2) is 66.2 Å². The van der Waals surface area contributed by atoms with E-state index in [-0.39, 0.29) is 17.7 Å². The maximum atomic E-state index is 13.7. The summed E-state index contributed by atoms with van der Waals surface area (Å²) in [5.41, 5.74) is 4.52. The fourth-order valence-corrected chi connectivity index (χ4v) is 4.01. The van der Waals surface area contributed by atoms with Crippen LogP contribution in [0.2, 0.25) is 0 Å². The molecule has 0 aliphatic carbocycles. The SMILES string of the molecule is C/C(=C\c1ccccc1)CN1CCO[C@H](c2cc(CCOc3ccccc3F)n(C)n2)C1. The summed E-state index contributed by atoms with van der Waals surface area (Å²) in [5.74, 6) is -0.0643. The number of hydrogen-bond donors (Lipinski definition) is 0. The highest BCUT2D eigenvalue weighted by Gasteiger charge is 2.25. The third kappa shape index (κ3) is 5.84. The molecule has 6 heteroatoms. The lowest BCUT2D eigenvalue weighted by Crippen LogP contribution is -2.39. The zero-order chi connectivity index (χ0) is 22.3. The van der Waals surface area contributed by atoms with E-state index in [9.17, 15) is 4.39 Å². The molecule has 0 amide bonds. The van der Waals surface area contributed by atoms with Gasteiger partial charge < -0.3 is 9.47 Å². The Morgan fingerprint density at radius 1 is 1.19 bits per heavy atom. The second-order valence-electron chi connectivity index (χ2n) is 8.21. The van der Waals surface area contributed by atoms with Gasteiger partial charge in [-0.3, -0.25) is 9.58 Å². The number of ether oxygens (including phenoxy) is 2. The normalized spacial score (nSPS) is 17.5. The summed E-state index contributed by atoms with van der Waals surface area (Å²) in [6, 6.07) is 18.9. The maximum absolute atomic E-state index is 13.7. The van der Waals surface area contributed by atoms with Crippen molar-refractivity contribution in [2.75, 3.05) is 32.8 Å². The van der Waals surface area contributed by atoms with E-state index < -0.39 is 0 Å². The van der Waals surface area contributed by atoms with Gasteiger partial charge in [0.1, 0.15) is 6.10 Å². The Kier molecular flexibility index (Phi) is 7.35. The quantitative estimate of drug-likeness (QED) is 0.516. The molecule has 1 aromatic heterocycles. The van der Waals surface area contributed by atoms with Crippen LogP contribution in [0.5, 0.6) is 5.75 Å². The number of morpholine rings is 1. The molecule has 2 aromatic carbocycles. The number of benzene rings is 2. The molecule has 1 fully saturated rings. The van der Waals surface area contributed by atoms with E-state index >= 15 is 0 Å². The minimum atomic E-state index is -0.342. The van der Waals surface area contributed by atoms with Crippen LogP contribution in [-0.2, 0) is 18.2 Å². The summed E-state index contributed by atoms with van der Waals surface area (Å²) in [5, 5.41) is 4.68. The number of aryl methyl sites for hydroxylation is 1. The van der Waals surface area contributed by atoms with Gasteiger partial charge in [0.15, 0.2) is 11.6 Å². The molecule has 0 spiro atoms. The zero-order valence-corrected chi connectivity index (χ0v) is 18.7. The van der Waals surface area contributed by atoms with Crippen LogP contribution in [-0.4, -0.2) is 47.5 Å². The van der Waals surface area contributed by atoms with Gasteiger partial charge in [-0.15, -0.1) is 0 Å². The highest BCUT2D eigenvalue weighted by atomic mass is 19.1. The molecule has 0 unspecified atom stereocenters. The number of halogens is 1. The van der Waals surface area contributed by atoms with Crippen LogP contribution in [0.3, 0.4) is 0 Å². The second-order valence-corrected chi connectivity index (χ2v) is 8.21. The van der Waals surface area contributed by atoms with Gasteiger partial charge in [0.05, 0.1) is 18.9 Å². The molecule has 1 aliphatic heterocycles. The van der Waals surface area contributed by atoms with Crippen molar-refractivity contribution in [1.82, 2.24) is 14.7 Å². The van der Waals surface area contributed by atoms with Crippen molar-refractivity contribution in [2.45, 2.75) is 19.4 Å². The first-order valence-electron chi connectivity index (χ1n) is 11.0. The van der Waals surface area contributed by atoms with Crippen molar-refractivity contribution in [3.63, 3.8) is 0 Å². The van der Waals surface area contributed by atoms with Crippen molar-refractivity contribution in [3.05, 3.63) is 89.0 Å². The van der Waals surface area contributed by atoms with E-state index in [0.29, 0.717) is 19.6 Å². The molecule has 32 heavy (non-hydrogen) atoms. The molecule has 2 heterocycles. The summed E-state index contributed by atoms with van der Waals surface area (Å²) in [4.78, 5) is 2.42. The van der Waals surface area contributed by atoms with Gasteiger partial charge in [0, 0.05) is 38.8 Å². The predicted molar refractivity (Wildman–Crippen MR) is 124 cm³/mol. The maximum Gasteiger partial charge on any atom is 0.165 e. The molecule has 4 rings (SSSR count). The van der Waals surface area contributed by atoms with Gasteiger partial charge in [-0.25, -0.2) is 4.39 Å². The highest BCUT2D eigenvalue weighted by Crippen LogP contribution is 2.23. The van der Waals surface area contributed by atoms with E-state index in [0.717, 1.165) is 31.0 Å². The Hall–Kier alpha value is -2.96. The van der Waals surface area contributed by atoms with Gasteiger partial charge in [-0.2, -0.15) is 5.10 Å². The standard InChI is InChI=1S/C26H30FN3O2/c1-20(16-21-8-4-3-5-9-21)18-30-13-15-32-26(19-30)24-17-22(29(2)28-24)12-14-31-25-11-7-6-10-23(25)27/h3-11,16-17,26H,12-15,18-19H2,1-2H3/b20-16+/t26-/m0/s1. The van der Waals surface area contributed by atoms with Crippen LogP contribution >= 0.6 is 0 Å². The summed E-state index contributed by atoms with van der Waals surface area (Å²) < 4.78 is 27.2. The van der Waals surface area contributed by atoms with Crippen molar-refractivity contribution >= 4 is 6.08 Å². The van der Waals surface area contributed by atoms with E-state index in [1.165, 1.54) is 17.2 Å². The number of hydrogen-bond acceptors (Lipinski definition) is 4. The molecule has 1 aliphatic rings. The van der Waals surface area contributed by atoms with Crippen LogP contribution in [0.4, 0.5) is 4.39 Å². The third-order valence-corrected chi connectivity index (χ3v) is 5.61. The molecular weight excluding hydrogens is 405 g/mol. The molecule has 0 radical (unpaired) electrons. The molecule has 0 bridgehead atoms. The highest BCUT2D eigenvalue weighted by molar-refractivity contribution is 5.52. The van der Waals surface area contributed by atoms with Crippen LogP contribution in [0.25, 0.3) is 6.08 Å². The average molecular weight is 436 g/mol. The molecular formula is C26H30FN3O2. The number of para-hydroxylation sites is 1. The fraction of sp³-hybridized carbons (Fsp3) is 0.346. The predicted octanol–water partition coefficient (Wildman–Crippen LogP) is 4.66. The minimum Gasteiger partial charge on any atom is -0.490 e. The van der Waals surface area contributed by atoms with Gasteiger partial charge in [0.25, 0.3) is 0 Å². The lowest BCUT2D eigenvalue weighted by atomic mass is 10.1. The van der Waals surface area contributed by atoms with E-state index in [2.05, 4.69) is 53.3 Å².